The Morgan fingerprint density at radius 3 is 1.58 bits per heavy atom. The minimum absolute atomic E-state index is 0.705. The lowest BCUT2D eigenvalue weighted by Gasteiger charge is -2.14. The Bertz CT molecular complexity index is 2930. The summed E-state index contributed by atoms with van der Waals surface area (Å²) in [5.74, 6) is 0.705. The van der Waals surface area contributed by atoms with Gasteiger partial charge in [-0.3, -0.25) is 0 Å². The van der Waals surface area contributed by atoms with Crippen LogP contribution in [0.5, 0.6) is 0 Å². The molecule has 248 valence electrons. The van der Waals surface area contributed by atoms with Crippen LogP contribution in [0.1, 0.15) is 0 Å². The van der Waals surface area contributed by atoms with Gasteiger partial charge in [-0.1, -0.05) is 146 Å². The van der Waals surface area contributed by atoms with Crippen LogP contribution in [0, 0.1) is 0 Å². The first-order valence-corrected chi connectivity index (χ1v) is 18.7. The van der Waals surface area contributed by atoms with Crippen LogP contribution in [-0.4, -0.2) is 9.97 Å². The van der Waals surface area contributed by atoms with Crippen LogP contribution in [0.15, 0.2) is 194 Å². The van der Waals surface area contributed by atoms with Crippen molar-refractivity contribution in [1.82, 2.24) is 9.97 Å². The van der Waals surface area contributed by atoms with Gasteiger partial charge in [-0.15, -0.1) is 11.3 Å². The molecule has 0 saturated carbocycles. The predicted molar refractivity (Wildman–Crippen MR) is 225 cm³/mol. The van der Waals surface area contributed by atoms with Crippen molar-refractivity contribution in [3.05, 3.63) is 194 Å². The highest BCUT2D eigenvalue weighted by atomic mass is 32.1. The fourth-order valence-electron chi connectivity index (χ4n) is 7.31. The SMILES string of the molecule is c1ccc(-c2ccc(-c3cc(-c4ccc5sc6ccccc6c5c4)cc(-c4cc(-c5ccc6ccccc6c5)nc(-c5ccccc5)n4)c3)cc2)cc1. The largest absolute Gasteiger partial charge is 0.228 e. The average molecular weight is 693 g/mol. The van der Waals surface area contributed by atoms with Crippen molar-refractivity contribution in [3.63, 3.8) is 0 Å². The standard InChI is InChI=1S/C50H32N2S/c1-3-11-33(12-4-1)35-19-21-36(22-20-35)41-28-42(39-25-26-49-45(31-39)44-17-9-10-18-48(44)53-49)30-43(29-41)47-32-46(51-50(52-47)37-14-5-2-6-15-37)40-24-23-34-13-7-8-16-38(34)27-40/h1-32H. The zero-order valence-electron chi connectivity index (χ0n) is 28.8. The lowest BCUT2D eigenvalue weighted by molar-refractivity contribution is 1.18. The second-order valence-electron chi connectivity index (χ2n) is 13.4. The molecule has 10 aromatic rings. The summed E-state index contributed by atoms with van der Waals surface area (Å²) in [7, 11) is 0. The predicted octanol–water partition coefficient (Wildman–Crippen LogP) is 14.0. The summed E-state index contributed by atoms with van der Waals surface area (Å²) < 4.78 is 2.61. The van der Waals surface area contributed by atoms with Crippen molar-refractivity contribution in [2.24, 2.45) is 0 Å². The molecule has 0 amide bonds. The second kappa shape index (κ2) is 13.1. The molecule has 0 radical (unpaired) electrons. The van der Waals surface area contributed by atoms with Crippen LogP contribution in [0.2, 0.25) is 0 Å². The molecule has 0 bridgehead atoms. The summed E-state index contributed by atoms with van der Waals surface area (Å²) >= 11 is 1.85. The zero-order valence-corrected chi connectivity index (χ0v) is 29.6. The Balaban J connectivity index is 1.17. The lowest BCUT2D eigenvalue weighted by Crippen LogP contribution is -1.96. The minimum Gasteiger partial charge on any atom is -0.228 e. The maximum atomic E-state index is 5.26. The number of aromatic nitrogens is 2. The molecule has 53 heavy (non-hydrogen) atoms. The summed E-state index contributed by atoms with van der Waals surface area (Å²) in [6.07, 6.45) is 0. The van der Waals surface area contributed by atoms with E-state index in [1.165, 1.54) is 47.6 Å². The van der Waals surface area contributed by atoms with Crippen LogP contribution >= 0.6 is 11.3 Å². The fraction of sp³-hybridized carbons (Fsp3) is 0. The van der Waals surface area contributed by atoms with Gasteiger partial charge in [-0.05, 0) is 92.7 Å². The molecule has 0 spiro atoms. The Hall–Kier alpha value is -6.68. The van der Waals surface area contributed by atoms with Crippen LogP contribution in [-0.2, 0) is 0 Å². The highest BCUT2D eigenvalue weighted by Crippen LogP contribution is 2.39. The van der Waals surface area contributed by atoms with Crippen molar-refractivity contribution < 1.29 is 0 Å². The Morgan fingerprint density at radius 1 is 0.283 bits per heavy atom. The smallest absolute Gasteiger partial charge is 0.160 e. The van der Waals surface area contributed by atoms with Gasteiger partial charge in [0, 0.05) is 36.9 Å². The normalized spacial score (nSPS) is 11.4. The van der Waals surface area contributed by atoms with Crippen molar-refractivity contribution in [3.8, 4) is 67.3 Å². The topological polar surface area (TPSA) is 25.8 Å². The van der Waals surface area contributed by atoms with E-state index in [1.807, 2.05) is 29.5 Å². The minimum atomic E-state index is 0.705. The first-order chi connectivity index (χ1) is 26.2. The molecule has 0 aliphatic carbocycles. The highest BCUT2D eigenvalue weighted by molar-refractivity contribution is 7.25. The van der Waals surface area contributed by atoms with Crippen molar-refractivity contribution >= 4 is 42.3 Å². The van der Waals surface area contributed by atoms with E-state index in [0.29, 0.717) is 5.82 Å². The number of nitrogens with zero attached hydrogens (tertiary/aromatic N) is 2. The number of benzene rings is 8. The number of hydrogen-bond acceptors (Lipinski definition) is 3. The molecule has 2 nitrogen and oxygen atoms in total. The summed E-state index contributed by atoms with van der Waals surface area (Å²) in [6, 6.07) is 69.4. The molecule has 3 heteroatoms. The molecule has 2 heterocycles. The Kier molecular flexibility index (Phi) is 7.71. The molecule has 0 atom stereocenters. The van der Waals surface area contributed by atoms with Crippen molar-refractivity contribution in [2.45, 2.75) is 0 Å². The molecule has 2 aromatic heterocycles. The van der Waals surface area contributed by atoms with Gasteiger partial charge >= 0.3 is 0 Å². The van der Waals surface area contributed by atoms with E-state index >= 15 is 0 Å². The molecule has 0 saturated heterocycles. The summed E-state index contributed by atoms with van der Waals surface area (Å²) in [5.41, 5.74) is 11.9. The van der Waals surface area contributed by atoms with Crippen LogP contribution in [0.3, 0.4) is 0 Å². The van der Waals surface area contributed by atoms with E-state index in [2.05, 4.69) is 176 Å². The van der Waals surface area contributed by atoms with Gasteiger partial charge in [-0.25, -0.2) is 9.97 Å². The molecule has 0 fully saturated rings. The van der Waals surface area contributed by atoms with Crippen LogP contribution in [0.4, 0.5) is 0 Å². The van der Waals surface area contributed by atoms with Crippen molar-refractivity contribution in [1.29, 1.82) is 0 Å². The fourth-order valence-corrected chi connectivity index (χ4v) is 8.39. The third kappa shape index (κ3) is 5.97. The van der Waals surface area contributed by atoms with Gasteiger partial charge in [0.05, 0.1) is 11.4 Å². The maximum absolute atomic E-state index is 5.26. The molecule has 0 N–H and O–H groups in total. The average Bonchev–Trinajstić information content (AvgIpc) is 3.62. The van der Waals surface area contributed by atoms with Crippen LogP contribution < -0.4 is 0 Å². The van der Waals surface area contributed by atoms with Gasteiger partial charge in [-0.2, -0.15) is 0 Å². The third-order valence-corrected chi connectivity index (χ3v) is 11.2. The summed E-state index contributed by atoms with van der Waals surface area (Å²) in [4.78, 5) is 10.4. The van der Waals surface area contributed by atoms with E-state index in [0.717, 1.165) is 44.8 Å². The first kappa shape index (κ1) is 31.1. The van der Waals surface area contributed by atoms with Gasteiger partial charge in [0.15, 0.2) is 5.82 Å². The van der Waals surface area contributed by atoms with Crippen molar-refractivity contribution in [2.75, 3.05) is 0 Å². The Labute approximate surface area is 312 Å². The quantitative estimate of drug-likeness (QED) is 0.173. The third-order valence-electron chi connectivity index (χ3n) is 10.1. The van der Waals surface area contributed by atoms with Crippen LogP contribution in [0.25, 0.3) is 98.2 Å². The zero-order chi connectivity index (χ0) is 35.1. The lowest BCUT2D eigenvalue weighted by atomic mass is 9.93. The molecule has 0 unspecified atom stereocenters. The molecule has 0 aliphatic rings. The van der Waals surface area contributed by atoms with E-state index < -0.39 is 0 Å². The van der Waals surface area contributed by atoms with E-state index in [1.54, 1.807) is 0 Å². The first-order valence-electron chi connectivity index (χ1n) is 17.9. The molecule has 8 aromatic carbocycles. The number of hydrogen-bond donors (Lipinski definition) is 0. The van der Waals surface area contributed by atoms with Gasteiger partial charge in [0.25, 0.3) is 0 Å². The Morgan fingerprint density at radius 2 is 0.811 bits per heavy atom. The van der Waals surface area contributed by atoms with E-state index in [9.17, 15) is 0 Å². The molecule has 10 rings (SSSR count). The summed E-state index contributed by atoms with van der Waals surface area (Å²) in [6.45, 7) is 0. The maximum Gasteiger partial charge on any atom is 0.160 e. The van der Waals surface area contributed by atoms with Gasteiger partial charge in [0.2, 0.25) is 0 Å². The monoisotopic (exact) mass is 692 g/mol. The molecule has 0 aliphatic heterocycles. The number of rotatable bonds is 6. The van der Waals surface area contributed by atoms with E-state index in [4.69, 9.17) is 9.97 Å². The van der Waals surface area contributed by atoms with Gasteiger partial charge < -0.3 is 0 Å². The summed E-state index contributed by atoms with van der Waals surface area (Å²) in [5, 5.41) is 4.98. The molecular weight excluding hydrogens is 661 g/mol. The van der Waals surface area contributed by atoms with E-state index in [-0.39, 0.29) is 0 Å². The number of fused-ring (bicyclic) bond motifs is 4. The molecular formula is C50H32N2S. The van der Waals surface area contributed by atoms with Gasteiger partial charge in [0.1, 0.15) is 0 Å². The second-order valence-corrected chi connectivity index (χ2v) is 14.5. The number of thiophene rings is 1. The highest BCUT2D eigenvalue weighted by Gasteiger charge is 2.15.